The van der Waals surface area contributed by atoms with Crippen LogP contribution in [0.3, 0.4) is 0 Å². The normalized spacial score (nSPS) is 10.4. The van der Waals surface area contributed by atoms with Crippen molar-refractivity contribution in [3.05, 3.63) is 85.1 Å². The number of hydrogen-bond donors (Lipinski definition) is 0. The molecule has 1 aromatic heterocycles. The van der Waals surface area contributed by atoms with Crippen LogP contribution in [-0.2, 0) is 0 Å². The Balaban J connectivity index is 2.44. The Labute approximate surface area is 105 Å². The maximum Gasteiger partial charge on any atom is 0.395 e. The molecule has 0 saturated heterocycles. The largest absolute Gasteiger partial charge is 0.395 e. The molecule has 0 unspecified atom stereocenters. The molecular weight excluding hydrogens is 220 g/mol. The van der Waals surface area contributed by atoms with E-state index in [-0.39, 0.29) is 0 Å². The molecule has 0 atom stereocenters. The summed E-state index contributed by atoms with van der Waals surface area (Å²) < 4.78 is 4.03. The van der Waals surface area contributed by atoms with Gasteiger partial charge in [0.25, 0.3) is 0 Å². The van der Waals surface area contributed by atoms with Crippen LogP contribution in [0, 0.1) is 12.1 Å². The van der Waals surface area contributed by atoms with Gasteiger partial charge in [0.15, 0.2) is 12.4 Å². The SMILES string of the molecule is C=[n+]1cc[n+](=c2cc[cH-]cc2)[c-]1-c1ccccc1. The summed E-state index contributed by atoms with van der Waals surface area (Å²) >= 11 is 0. The zero-order chi connectivity index (χ0) is 12.4. The van der Waals surface area contributed by atoms with Crippen LogP contribution in [0.1, 0.15) is 0 Å². The van der Waals surface area contributed by atoms with Crippen LogP contribution in [-0.4, -0.2) is 0 Å². The first-order valence-electron chi connectivity index (χ1n) is 5.91. The van der Waals surface area contributed by atoms with Crippen molar-refractivity contribution in [2.45, 2.75) is 0 Å². The number of benzene rings is 2. The molecule has 0 spiro atoms. The minimum atomic E-state index is 1.07. The van der Waals surface area contributed by atoms with E-state index in [1.807, 2.05) is 53.0 Å². The first kappa shape index (κ1) is 10.7. The molecule has 18 heavy (non-hydrogen) atoms. The molecule has 3 rings (SSSR count). The smallest absolute Gasteiger partial charge is 0.196 e. The Morgan fingerprint density at radius 1 is 0.944 bits per heavy atom. The summed E-state index contributed by atoms with van der Waals surface area (Å²) in [5, 5.41) is 1.14. The Bertz CT molecular complexity index is 777. The van der Waals surface area contributed by atoms with E-state index < -0.39 is 0 Å². The summed E-state index contributed by atoms with van der Waals surface area (Å²) in [6, 6.07) is 20.6. The molecule has 0 amide bonds. The number of rotatable bonds is 1. The quantitative estimate of drug-likeness (QED) is 0.451. The number of imidazole rings is 1. The van der Waals surface area contributed by atoms with Crippen molar-refractivity contribution in [1.29, 1.82) is 0 Å². The topological polar surface area (TPSA) is 11.8 Å². The van der Waals surface area contributed by atoms with Gasteiger partial charge in [-0.05, 0) is 0 Å². The number of aromatic nitrogens is 2. The van der Waals surface area contributed by atoms with Gasteiger partial charge >= 0.3 is 5.82 Å². The van der Waals surface area contributed by atoms with E-state index in [9.17, 15) is 0 Å². The number of hydrogen-bond acceptors (Lipinski definition) is 0. The Morgan fingerprint density at radius 2 is 1.67 bits per heavy atom. The van der Waals surface area contributed by atoms with Crippen molar-refractivity contribution in [2.24, 2.45) is 0 Å². The minimum absolute atomic E-state index is 1.07. The molecule has 2 aromatic carbocycles. The molecule has 0 N–H and O–H groups in total. The third kappa shape index (κ3) is 1.78. The highest BCUT2D eigenvalue weighted by Gasteiger charge is 2.12. The van der Waals surface area contributed by atoms with E-state index in [4.69, 9.17) is 0 Å². The van der Waals surface area contributed by atoms with Gasteiger partial charge in [0.1, 0.15) is 6.72 Å². The average molecular weight is 234 g/mol. The lowest BCUT2D eigenvalue weighted by Gasteiger charge is -1.94. The van der Waals surface area contributed by atoms with Crippen molar-refractivity contribution in [1.82, 2.24) is 0 Å². The summed E-state index contributed by atoms with van der Waals surface area (Å²) in [6.07, 6.45) is 4.00. The molecule has 3 aromatic rings. The van der Waals surface area contributed by atoms with Gasteiger partial charge < -0.3 is 0 Å². The predicted octanol–water partition coefficient (Wildman–Crippen LogP) is 2.09. The Hall–Kier alpha value is -2.48. The highest BCUT2D eigenvalue weighted by Crippen LogP contribution is 2.08. The Kier molecular flexibility index (Phi) is 2.61. The fourth-order valence-electron chi connectivity index (χ4n) is 2.12. The van der Waals surface area contributed by atoms with E-state index in [1.54, 1.807) is 0 Å². The highest BCUT2D eigenvalue weighted by molar-refractivity contribution is 5.48. The second-order valence-electron chi connectivity index (χ2n) is 4.16. The van der Waals surface area contributed by atoms with Gasteiger partial charge in [-0.25, -0.2) is 0 Å². The van der Waals surface area contributed by atoms with E-state index in [1.165, 1.54) is 0 Å². The van der Waals surface area contributed by atoms with Gasteiger partial charge in [-0.3, -0.25) is 0 Å². The lowest BCUT2D eigenvalue weighted by molar-refractivity contribution is -0.590. The van der Waals surface area contributed by atoms with Crippen LogP contribution in [0.5, 0.6) is 0 Å². The molecular formula is C16H14N2. The first-order chi connectivity index (χ1) is 8.86. The maximum absolute atomic E-state index is 4.04. The molecule has 88 valence electrons. The molecule has 0 bridgehead atoms. The summed E-state index contributed by atoms with van der Waals surface area (Å²) in [4.78, 5) is 0. The third-order valence-corrected chi connectivity index (χ3v) is 2.96. The van der Waals surface area contributed by atoms with Crippen LogP contribution in [0.15, 0.2) is 73.1 Å². The van der Waals surface area contributed by atoms with Crippen molar-refractivity contribution < 1.29 is 8.49 Å². The summed E-state index contributed by atoms with van der Waals surface area (Å²) in [6.45, 7) is 4.04. The van der Waals surface area contributed by atoms with Crippen LogP contribution >= 0.6 is 0 Å². The predicted molar refractivity (Wildman–Crippen MR) is 69.3 cm³/mol. The zero-order valence-corrected chi connectivity index (χ0v) is 10.0. The standard InChI is InChI=1S/C16H14N2/c1-17-12-13-18(15-10-6-3-7-11-15)16(17)14-8-4-2-5-9-14/h2-13H,1H2. The van der Waals surface area contributed by atoms with Gasteiger partial charge in [0.2, 0.25) is 0 Å². The zero-order valence-electron chi connectivity index (χ0n) is 10.0. The van der Waals surface area contributed by atoms with Crippen molar-refractivity contribution >= 4 is 0 Å². The second kappa shape index (κ2) is 4.41. The van der Waals surface area contributed by atoms with E-state index >= 15 is 0 Å². The van der Waals surface area contributed by atoms with E-state index in [2.05, 4.69) is 35.2 Å². The molecule has 0 radical (unpaired) electrons. The second-order valence-corrected chi connectivity index (χ2v) is 4.16. The van der Waals surface area contributed by atoms with Crippen LogP contribution in [0.2, 0.25) is 0 Å². The van der Waals surface area contributed by atoms with E-state index in [0.717, 1.165) is 16.7 Å². The summed E-state index contributed by atoms with van der Waals surface area (Å²) in [7, 11) is 0. The van der Waals surface area contributed by atoms with E-state index in [0.29, 0.717) is 0 Å². The van der Waals surface area contributed by atoms with Gasteiger partial charge in [-0.15, -0.1) is 12.1 Å². The van der Waals surface area contributed by atoms with Crippen LogP contribution in [0.25, 0.3) is 11.4 Å². The van der Waals surface area contributed by atoms with Crippen LogP contribution < -0.4 is 8.49 Å². The number of para-hydroxylation sites is 1. The van der Waals surface area contributed by atoms with Crippen molar-refractivity contribution in [3.8, 4) is 11.4 Å². The number of nitrogens with zero attached hydrogens (tertiary/aromatic N) is 2. The molecule has 0 aliphatic carbocycles. The molecule has 2 heteroatoms. The van der Waals surface area contributed by atoms with Gasteiger partial charge in [-0.2, -0.15) is 26.7 Å². The fourth-order valence-corrected chi connectivity index (χ4v) is 2.12. The molecule has 0 fully saturated rings. The molecule has 1 heterocycles. The summed E-state index contributed by atoms with van der Waals surface area (Å²) in [5.74, 6) is 1.07. The third-order valence-electron chi connectivity index (χ3n) is 2.96. The highest BCUT2D eigenvalue weighted by atomic mass is 15.0. The molecule has 2 nitrogen and oxygen atoms in total. The molecule has 0 aliphatic heterocycles. The fraction of sp³-hybridized carbons (Fsp3) is 0. The molecule has 0 saturated carbocycles. The Morgan fingerprint density at radius 3 is 2.39 bits per heavy atom. The lowest BCUT2D eigenvalue weighted by atomic mass is 10.2. The monoisotopic (exact) mass is 234 g/mol. The van der Waals surface area contributed by atoms with Crippen LogP contribution in [0.4, 0.5) is 0 Å². The average Bonchev–Trinajstić information content (AvgIpc) is 2.83. The lowest BCUT2D eigenvalue weighted by Crippen LogP contribution is -2.25. The van der Waals surface area contributed by atoms with Crippen molar-refractivity contribution in [3.63, 3.8) is 0 Å². The molecule has 0 aliphatic rings. The van der Waals surface area contributed by atoms with Gasteiger partial charge in [-0.1, -0.05) is 30.3 Å². The maximum atomic E-state index is 4.04. The van der Waals surface area contributed by atoms with Crippen molar-refractivity contribution in [2.75, 3.05) is 0 Å². The van der Waals surface area contributed by atoms with Gasteiger partial charge in [0.05, 0.1) is 5.36 Å². The summed E-state index contributed by atoms with van der Waals surface area (Å²) in [5.41, 5.74) is 1.15. The minimum Gasteiger partial charge on any atom is -0.196 e. The first-order valence-corrected chi connectivity index (χ1v) is 5.91. The van der Waals surface area contributed by atoms with Gasteiger partial charge in [0, 0.05) is 5.56 Å².